The van der Waals surface area contributed by atoms with Crippen molar-refractivity contribution >= 4 is 28.5 Å². The van der Waals surface area contributed by atoms with Crippen molar-refractivity contribution in [2.45, 2.75) is 6.42 Å². The molecule has 0 unspecified atom stereocenters. The largest absolute Gasteiger partial charge is 0.464 e. The lowest BCUT2D eigenvalue weighted by atomic mass is 10.0. The van der Waals surface area contributed by atoms with Crippen molar-refractivity contribution in [3.8, 4) is 5.69 Å². The Morgan fingerprint density at radius 3 is 2.68 bits per heavy atom. The molecule has 0 spiro atoms. The van der Waals surface area contributed by atoms with Gasteiger partial charge in [-0.2, -0.15) is 4.89 Å². The highest BCUT2D eigenvalue weighted by Crippen LogP contribution is 2.26. The third-order valence-corrected chi connectivity index (χ3v) is 4.75. The molecule has 0 bridgehead atoms. The Balaban J connectivity index is 2.12. The number of rotatable bonds is 4. The molecule has 0 saturated carbocycles. The van der Waals surface area contributed by atoms with E-state index in [0.29, 0.717) is 27.4 Å². The van der Waals surface area contributed by atoms with Gasteiger partial charge >= 0.3 is 5.97 Å². The smallest absolute Gasteiger partial charge is 0.355 e. The number of esters is 1. The lowest BCUT2D eigenvalue weighted by Gasteiger charge is -2.19. The van der Waals surface area contributed by atoms with Crippen molar-refractivity contribution in [1.29, 1.82) is 0 Å². The summed E-state index contributed by atoms with van der Waals surface area (Å²) in [5, 5.41) is 0.833. The number of halogens is 1. The van der Waals surface area contributed by atoms with Gasteiger partial charge in [0.05, 0.1) is 12.6 Å². The number of carbonyl (C=O) groups excluding carboxylic acids is 1. The van der Waals surface area contributed by atoms with Gasteiger partial charge in [-0.3, -0.25) is 4.79 Å². The zero-order valence-corrected chi connectivity index (χ0v) is 15.7. The Morgan fingerprint density at radius 1 is 1.21 bits per heavy atom. The molecule has 1 aliphatic heterocycles. The van der Waals surface area contributed by atoms with E-state index >= 15 is 0 Å². The minimum atomic E-state index is -0.618. The van der Waals surface area contributed by atoms with Crippen LogP contribution in [0.2, 0.25) is 5.02 Å². The maximum Gasteiger partial charge on any atom is 0.355 e. The van der Waals surface area contributed by atoms with E-state index in [1.54, 1.807) is 28.8 Å². The van der Waals surface area contributed by atoms with Gasteiger partial charge in [-0.05, 0) is 36.4 Å². The maximum absolute atomic E-state index is 13.3. The van der Waals surface area contributed by atoms with Gasteiger partial charge in [-0.1, -0.05) is 29.8 Å². The number of benzene rings is 2. The minimum absolute atomic E-state index is 0.0958. The summed E-state index contributed by atoms with van der Waals surface area (Å²) in [6.45, 7) is 0.287. The summed E-state index contributed by atoms with van der Waals surface area (Å²) in [5.74, 6) is -0.157. The Morgan fingerprint density at radius 2 is 2.00 bits per heavy atom. The molecule has 6 nitrogen and oxygen atoms in total. The fourth-order valence-electron chi connectivity index (χ4n) is 3.28. The number of ether oxygens (including phenoxy) is 1. The third-order valence-electron chi connectivity index (χ3n) is 4.52. The summed E-state index contributed by atoms with van der Waals surface area (Å²) in [6, 6.07) is 14.3. The van der Waals surface area contributed by atoms with Crippen LogP contribution in [0, 0.1) is 0 Å². The van der Waals surface area contributed by atoms with Gasteiger partial charge < -0.3 is 14.2 Å². The van der Waals surface area contributed by atoms with Crippen LogP contribution in [-0.4, -0.2) is 24.3 Å². The fraction of sp³-hybridized carbons (Fsp3) is 0.143. The summed E-state index contributed by atoms with van der Waals surface area (Å²) in [5.41, 5.74) is 1.37. The second-order valence-corrected chi connectivity index (χ2v) is 6.63. The Hall–Kier alpha value is -3.09. The van der Waals surface area contributed by atoms with Crippen LogP contribution < -0.4 is 5.43 Å². The van der Waals surface area contributed by atoms with Gasteiger partial charge in [0.1, 0.15) is 18.1 Å². The number of allylic oxidation sites excluding steroid dienone is 1. The van der Waals surface area contributed by atoms with E-state index in [1.165, 1.54) is 7.11 Å². The molecule has 7 heteroatoms. The Bertz CT molecular complexity index is 1150. The maximum atomic E-state index is 13.3. The molecule has 1 aliphatic rings. The predicted octanol–water partition coefficient (Wildman–Crippen LogP) is 3.82. The van der Waals surface area contributed by atoms with E-state index in [4.69, 9.17) is 26.1 Å². The number of pyridine rings is 1. The molecule has 1 aromatic heterocycles. The molecule has 0 N–H and O–H groups in total. The van der Waals surface area contributed by atoms with Crippen LogP contribution in [0.4, 0.5) is 0 Å². The number of fused-ring (bicyclic) bond motifs is 1. The summed E-state index contributed by atoms with van der Waals surface area (Å²) >= 11 is 6.15. The molecule has 0 amide bonds. The number of aromatic nitrogens is 1. The SMILES string of the molecule is COC(=O)c1c(CC2=CCOO2)c(=O)c2cc(Cl)ccc2n1-c1ccccc1. The van der Waals surface area contributed by atoms with Crippen molar-refractivity contribution < 1.29 is 19.3 Å². The zero-order valence-electron chi connectivity index (χ0n) is 15.0. The van der Waals surface area contributed by atoms with Crippen LogP contribution in [0.1, 0.15) is 16.1 Å². The van der Waals surface area contributed by atoms with Crippen LogP contribution in [0.3, 0.4) is 0 Å². The van der Waals surface area contributed by atoms with Crippen LogP contribution in [0.25, 0.3) is 16.6 Å². The van der Waals surface area contributed by atoms with Crippen molar-refractivity contribution in [3.05, 3.63) is 86.9 Å². The highest BCUT2D eigenvalue weighted by molar-refractivity contribution is 6.31. The molecular weight excluding hydrogens is 382 g/mol. The highest BCUT2D eigenvalue weighted by atomic mass is 35.5. The minimum Gasteiger partial charge on any atom is -0.464 e. The molecule has 2 aromatic carbocycles. The first kappa shape index (κ1) is 18.3. The first-order chi connectivity index (χ1) is 13.6. The highest BCUT2D eigenvalue weighted by Gasteiger charge is 2.26. The summed E-state index contributed by atoms with van der Waals surface area (Å²) < 4.78 is 6.73. The molecule has 0 radical (unpaired) electrons. The molecule has 4 rings (SSSR count). The lowest BCUT2D eigenvalue weighted by molar-refractivity contribution is -0.234. The monoisotopic (exact) mass is 397 g/mol. The predicted molar refractivity (Wildman–Crippen MR) is 105 cm³/mol. The van der Waals surface area contributed by atoms with Crippen molar-refractivity contribution in [3.63, 3.8) is 0 Å². The molecule has 142 valence electrons. The Kier molecular flexibility index (Phi) is 4.90. The van der Waals surface area contributed by atoms with Gasteiger partial charge in [-0.25, -0.2) is 4.79 Å². The van der Waals surface area contributed by atoms with E-state index in [1.807, 2.05) is 30.3 Å². The van der Waals surface area contributed by atoms with E-state index < -0.39 is 5.97 Å². The third kappa shape index (κ3) is 3.17. The first-order valence-electron chi connectivity index (χ1n) is 8.59. The number of carbonyl (C=O) groups is 1. The fourth-order valence-corrected chi connectivity index (χ4v) is 3.45. The number of hydrogen-bond donors (Lipinski definition) is 0. The average Bonchev–Trinajstić information content (AvgIpc) is 3.23. The average molecular weight is 398 g/mol. The summed E-state index contributed by atoms with van der Waals surface area (Å²) in [4.78, 5) is 36.0. The first-order valence-corrected chi connectivity index (χ1v) is 8.97. The van der Waals surface area contributed by atoms with Crippen molar-refractivity contribution in [1.82, 2.24) is 4.57 Å². The molecule has 28 heavy (non-hydrogen) atoms. The van der Waals surface area contributed by atoms with Crippen LogP contribution in [0.15, 0.2) is 65.2 Å². The van der Waals surface area contributed by atoms with Gasteiger partial charge in [0.2, 0.25) is 0 Å². The summed E-state index contributed by atoms with van der Waals surface area (Å²) in [7, 11) is 1.28. The standard InChI is InChI=1S/C21H16ClNO5/c1-26-21(25)19-17(12-15-9-10-27-28-15)20(24)16-11-13(22)7-8-18(16)23(19)14-5-3-2-4-6-14/h2-9,11H,10,12H2,1H3. The van der Waals surface area contributed by atoms with Crippen LogP contribution in [-0.2, 0) is 20.9 Å². The van der Waals surface area contributed by atoms with Gasteiger partial charge in [-0.15, -0.1) is 0 Å². The zero-order chi connectivity index (χ0) is 19.7. The van der Waals surface area contributed by atoms with E-state index in [2.05, 4.69) is 0 Å². The number of hydrogen-bond acceptors (Lipinski definition) is 5. The van der Waals surface area contributed by atoms with Crippen LogP contribution in [0.5, 0.6) is 0 Å². The number of methoxy groups -OCH3 is 1. The topological polar surface area (TPSA) is 66.8 Å². The number of nitrogens with zero attached hydrogens (tertiary/aromatic N) is 1. The quantitative estimate of drug-likeness (QED) is 0.494. The van der Waals surface area contributed by atoms with Gasteiger partial charge in [0.25, 0.3) is 0 Å². The summed E-state index contributed by atoms with van der Waals surface area (Å²) in [6.07, 6.45) is 1.81. The van der Waals surface area contributed by atoms with Gasteiger partial charge in [0.15, 0.2) is 5.43 Å². The second kappa shape index (κ2) is 7.50. The van der Waals surface area contributed by atoms with Crippen molar-refractivity contribution in [2.75, 3.05) is 13.7 Å². The molecule has 0 atom stereocenters. The van der Waals surface area contributed by atoms with Gasteiger partial charge in [0, 0.05) is 28.1 Å². The van der Waals surface area contributed by atoms with E-state index in [-0.39, 0.29) is 29.7 Å². The Labute approximate surface area is 165 Å². The normalized spacial score (nSPS) is 13.3. The van der Waals surface area contributed by atoms with Crippen LogP contribution >= 0.6 is 11.6 Å². The van der Waals surface area contributed by atoms with E-state index in [9.17, 15) is 9.59 Å². The molecule has 2 heterocycles. The molecule has 0 fully saturated rings. The molecule has 3 aromatic rings. The molecule has 0 saturated heterocycles. The molecule has 0 aliphatic carbocycles. The van der Waals surface area contributed by atoms with E-state index in [0.717, 1.165) is 0 Å². The number of para-hydroxylation sites is 1. The lowest BCUT2D eigenvalue weighted by Crippen LogP contribution is -2.24. The molecular formula is C21H16ClNO5. The van der Waals surface area contributed by atoms with Crippen molar-refractivity contribution in [2.24, 2.45) is 0 Å². The second-order valence-electron chi connectivity index (χ2n) is 6.20.